The Balaban J connectivity index is 1.43. The van der Waals surface area contributed by atoms with Crippen molar-refractivity contribution in [2.45, 2.75) is 63.6 Å². The average Bonchev–Trinajstić information content (AvgIpc) is 2.98. The van der Waals surface area contributed by atoms with Gasteiger partial charge < -0.3 is 20.5 Å². The van der Waals surface area contributed by atoms with Crippen molar-refractivity contribution in [3.63, 3.8) is 0 Å². The van der Waals surface area contributed by atoms with Gasteiger partial charge in [0.1, 0.15) is 0 Å². The fraction of sp³-hybridized carbons (Fsp3) is 0.941. The molecule has 1 saturated heterocycles. The summed E-state index contributed by atoms with van der Waals surface area (Å²) in [6, 6.07) is 0.379. The first-order valence-corrected chi connectivity index (χ1v) is 8.88. The zero-order chi connectivity index (χ0) is 15.5. The molecule has 22 heavy (non-hydrogen) atoms. The Morgan fingerprint density at radius 2 is 2.05 bits per heavy atom. The minimum absolute atomic E-state index is 0.0588. The summed E-state index contributed by atoms with van der Waals surface area (Å²) in [5, 5.41) is 3.13. The van der Waals surface area contributed by atoms with E-state index >= 15 is 0 Å². The monoisotopic (exact) mass is 310 g/mol. The first-order valence-electron chi connectivity index (χ1n) is 8.88. The highest BCUT2D eigenvalue weighted by Crippen LogP contribution is 2.41. The van der Waals surface area contributed by atoms with Gasteiger partial charge in [-0.25, -0.2) is 0 Å². The van der Waals surface area contributed by atoms with Crippen molar-refractivity contribution in [3.05, 3.63) is 0 Å². The van der Waals surface area contributed by atoms with Crippen LogP contribution in [0.3, 0.4) is 0 Å². The lowest BCUT2D eigenvalue weighted by molar-refractivity contribution is -0.129. The maximum atomic E-state index is 12.5. The van der Waals surface area contributed by atoms with Crippen molar-refractivity contribution >= 4 is 5.91 Å². The van der Waals surface area contributed by atoms with Crippen molar-refractivity contribution < 1.29 is 14.3 Å². The number of hydrogen-bond donors (Lipinski definition) is 2. The Morgan fingerprint density at radius 3 is 2.68 bits per heavy atom. The molecule has 4 unspecified atom stereocenters. The fourth-order valence-electron chi connectivity index (χ4n) is 4.33. The molecular weight excluding hydrogens is 280 g/mol. The summed E-state index contributed by atoms with van der Waals surface area (Å²) in [5.41, 5.74) is 6.30. The number of carbonyl (C=O) groups is 1. The van der Waals surface area contributed by atoms with E-state index in [1.54, 1.807) is 0 Å². The Labute approximate surface area is 133 Å². The molecule has 3 N–H and O–H groups in total. The standard InChI is InChI=1S/C17H30N2O3/c1-11(9-22-15-5-6-21-10-15)19-17(20)14-7-12-3-2-4-13(8-14)16(12)18/h11-16H,2-10,18H2,1H3,(H,19,20). The lowest BCUT2D eigenvalue weighted by Gasteiger charge is -2.43. The van der Waals surface area contributed by atoms with Gasteiger partial charge in [0.25, 0.3) is 0 Å². The van der Waals surface area contributed by atoms with Crippen LogP contribution in [0.25, 0.3) is 0 Å². The largest absolute Gasteiger partial charge is 0.379 e. The van der Waals surface area contributed by atoms with Gasteiger partial charge in [0.15, 0.2) is 0 Å². The second-order valence-corrected chi connectivity index (χ2v) is 7.43. The van der Waals surface area contributed by atoms with E-state index in [1.165, 1.54) is 19.3 Å². The third-order valence-electron chi connectivity index (χ3n) is 5.64. The summed E-state index contributed by atoms with van der Waals surface area (Å²) in [4.78, 5) is 12.5. The molecule has 126 valence electrons. The van der Waals surface area contributed by atoms with Crippen LogP contribution in [0.5, 0.6) is 0 Å². The van der Waals surface area contributed by atoms with Crippen LogP contribution in [0, 0.1) is 17.8 Å². The van der Waals surface area contributed by atoms with Crippen LogP contribution in [0.1, 0.15) is 45.4 Å². The van der Waals surface area contributed by atoms with Gasteiger partial charge in [-0.3, -0.25) is 4.79 Å². The Bertz CT molecular complexity index is 370. The van der Waals surface area contributed by atoms with Crippen LogP contribution < -0.4 is 11.1 Å². The Kier molecular flexibility index (Phi) is 5.37. The van der Waals surface area contributed by atoms with Gasteiger partial charge in [-0.1, -0.05) is 6.42 Å². The fourth-order valence-corrected chi connectivity index (χ4v) is 4.33. The van der Waals surface area contributed by atoms with E-state index in [9.17, 15) is 4.79 Å². The van der Waals surface area contributed by atoms with Crippen LogP contribution in [-0.4, -0.2) is 43.9 Å². The molecule has 0 radical (unpaired) electrons. The minimum atomic E-state index is 0.0588. The molecule has 1 aliphatic heterocycles. The molecule has 2 aliphatic carbocycles. The summed E-state index contributed by atoms with van der Waals surface area (Å²) in [5.74, 6) is 1.44. The van der Waals surface area contributed by atoms with Crippen molar-refractivity contribution in [1.29, 1.82) is 0 Å². The SMILES string of the molecule is CC(COC1CCOC1)NC(=O)C1CC2CCCC(C1)C2N. The number of hydrogen-bond acceptors (Lipinski definition) is 4. The molecular formula is C17H30N2O3. The molecule has 3 aliphatic rings. The molecule has 0 aromatic carbocycles. The average molecular weight is 310 g/mol. The third-order valence-corrected chi connectivity index (χ3v) is 5.64. The van der Waals surface area contributed by atoms with Gasteiger partial charge in [0.05, 0.1) is 19.3 Å². The number of nitrogens with two attached hydrogens (primary N) is 1. The van der Waals surface area contributed by atoms with E-state index in [0.29, 0.717) is 31.1 Å². The van der Waals surface area contributed by atoms with Gasteiger partial charge in [0.2, 0.25) is 5.91 Å². The second kappa shape index (κ2) is 7.28. The first-order chi connectivity index (χ1) is 10.6. The van der Waals surface area contributed by atoms with Gasteiger partial charge in [-0.05, 0) is 50.9 Å². The Morgan fingerprint density at radius 1 is 1.32 bits per heavy atom. The lowest BCUT2D eigenvalue weighted by atomic mass is 9.65. The van der Waals surface area contributed by atoms with Gasteiger partial charge in [-0.2, -0.15) is 0 Å². The number of amides is 1. The highest BCUT2D eigenvalue weighted by Gasteiger charge is 2.40. The van der Waals surface area contributed by atoms with Crippen molar-refractivity contribution in [3.8, 4) is 0 Å². The van der Waals surface area contributed by atoms with E-state index in [2.05, 4.69) is 5.32 Å². The zero-order valence-corrected chi connectivity index (χ0v) is 13.6. The highest BCUT2D eigenvalue weighted by atomic mass is 16.5. The van der Waals surface area contributed by atoms with Crippen LogP contribution in [0.2, 0.25) is 0 Å². The molecule has 5 nitrogen and oxygen atoms in total. The highest BCUT2D eigenvalue weighted by molar-refractivity contribution is 5.79. The van der Waals surface area contributed by atoms with E-state index < -0.39 is 0 Å². The smallest absolute Gasteiger partial charge is 0.223 e. The lowest BCUT2D eigenvalue weighted by Crippen LogP contribution is -2.50. The molecule has 5 heteroatoms. The van der Waals surface area contributed by atoms with E-state index in [4.69, 9.17) is 15.2 Å². The molecule has 1 heterocycles. The number of nitrogens with one attached hydrogen (secondary N) is 1. The molecule has 3 fully saturated rings. The predicted octanol–water partition coefficient (Wildman–Crippen LogP) is 1.45. The predicted molar refractivity (Wildman–Crippen MR) is 84.3 cm³/mol. The maximum absolute atomic E-state index is 12.5. The Hall–Kier alpha value is -0.650. The summed E-state index contributed by atoms with van der Waals surface area (Å²) in [6.45, 7) is 4.06. The normalized spacial score (nSPS) is 39.5. The number of rotatable bonds is 5. The van der Waals surface area contributed by atoms with Crippen molar-refractivity contribution in [2.75, 3.05) is 19.8 Å². The molecule has 2 saturated carbocycles. The topological polar surface area (TPSA) is 73.6 Å². The van der Waals surface area contributed by atoms with Crippen LogP contribution in [-0.2, 0) is 14.3 Å². The maximum Gasteiger partial charge on any atom is 0.223 e. The van der Waals surface area contributed by atoms with Crippen molar-refractivity contribution in [2.24, 2.45) is 23.5 Å². The quantitative estimate of drug-likeness (QED) is 0.806. The first kappa shape index (κ1) is 16.2. The van der Waals surface area contributed by atoms with Gasteiger partial charge >= 0.3 is 0 Å². The molecule has 1 amide bonds. The summed E-state index contributed by atoms with van der Waals surface area (Å²) in [6.07, 6.45) is 6.77. The number of ether oxygens (including phenoxy) is 2. The molecule has 2 bridgehead atoms. The second-order valence-electron chi connectivity index (χ2n) is 7.43. The van der Waals surface area contributed by atoms with Crippen LogP contribution in [0.4, 0.5) is 0 Å². The van der Waals surface area contributed by atoms with Gasteiger partial charge in [-0.15, -0.1) is 0 Å². The van der Waals surface area contributed by atoms with E-state index in [0.717, 1.165) is 25.9 Å². The minimum Gasteiger partial charge on any atom is -0.379 e. The number of fused-ring (bicyclic) bond motifs is 2. The molecule has 3 rings (SSSR count). The summed E-state index contributed by atoms with van der Waals surface area (Å²) < 4.78 is 11.1. The number of carbonyl (C=O) groups excluding carboxylic acids is 1. The zero-order valence-electron chi connectivity index (χ0n) is 13.6. The third kappa shape index (κ3) is 3.81. The van der Waals surface area contributed by atoms with E-state index in [-0.39, 0.29) is 24.0 Å². The van der Waals surface area contributed by atoms with E-state index in [1.807, 2.05) is 6.92 Å². The summed E-state index contributed by atoms with van der Waals surface area (Å²) in [7, 11) is 0. The summed E-state index contributed by atoms with van der Waals surface area (Å²) >= 11 is 0. The molecule has 0 spiro atoms. The molecule has 4 atom stereocenters. The van der Waals surface area contributed by atoms with Gasteiger partial charge in [0, 0.05) is 24.6 Å². The molecule has 0 aromatic heterocycles. The van der Waals surface area contributed by atoms with Crippen LogP contribution >= 0.6 is 0 Å². The van der Waals surface area contributed by atoms with Crippen LogP contribution in [0.15, 0.2) is 0 Å². The molecule has 0 aromatic rings. The van der Waals surface area contributed by atoms with Crippen molar-refractivity contribution in [1.82, 2.24) is 5.32 Å².